The summed E-state index contributed by atoms with van der Waals surface area (Å²) in [7, 11) is 1.59. The molecule has 0 fully saturated rings. The van der Waals surface area contributed by atoms with Gasteiger partial charge < -0.3 is 15.0 Å². The predicted molar refractivity (Wildman–Crippen MR) is 66.9 cm³/mol. The van der Waals surface area contributed by atoms with Crippen LogP contribution in [-0.4, -0.2) is 22.6 Å². The van der Waals surface area contributed by atoms with E-state index in [-0.39, 0.29) is 17.2 Å². The van der Waals surface area contributed by atoms with Crippen molar-refractivity contribution < 1.29 is 4.74 Å². The van der Waals surface area contributed by atoms with Crippen molar-refractivity contribution in [3.05, 3.63) is 27.9 Å². The number of hydrogen-bond donors (Lipinski definition) is 2. The highest BCUT2D eigenvalue weighted by molar-refractivity contribution is 5.04. The van der Waals surface area contributed by atoms with Gasteiger partial charge in [0.05, 0.1) is 5.69 Å². The molecule has 0 aromatic carbocycles. The van der Waals surface area contributed by atoms with Crippen LogP contribution in [0.1, 0.15) is 45.3 Å². The van der Waals surface area contributed by atoms with Crippen LogP contribution in [-0.2, 0) is 11.3 Å². The van der Waals surface area contributed by atoms with Crippen LogP contribution in [0.4, 0.5) is 0 Å². The van der Waals surface area contributed by atoms with Gasteiger partial charge in [-0.25, -0.2) is 4.98 Å². The molecule has 5 nitrogen and oxygen atoms in total. The van der Waals surface area contributed by atoms with Crippen molar-refractivity contribution in [2.75, 3.05) is 7.11 Å². The van der Waals surface area contributed by atoms with Gasteiger partial charge in [-0.05, 0) is 27.7 Å². The second-order valence-electron chi connectivity index (χ2n) is 5.10. The van der Waals surface area contributed by atoms with E-state index in [1.165, 1.54) is 6.07 Å². The first-order chi connectivity index (χ1) is 7.81. The Morgan fingerprint density at radius 1 is 1.53 bits per heavy atom. The lowest BCUT2D eigenvalue weighted by molar-refractivity contribution is 0.111. The Morgan fingerprint density at radius 2 is 2.18 bits per heavy atom. The molecule has 96 valence electrons. The Morgan fingerprint density at radius 3 is 2.71 bits per heavy atom. The Bertz CT molecular complexity index is 420. The molecule has 1 aromatic heterocycles. The molecule has 1 aromatic rings. The minimum atomic E-state index is -0.211. The molecule has 17 heavy (non-hydrogen) atoms. The third-order valence-corrected chi connectivity index (χ3v) is 2.35. The molecule has 0 spiro atoms. The summed E-state index contributed by atoms with van der Waals surface area (Å²) in [6.45, 7) is 8.62. The van der Waals surface area contributed by atoms with E-state index in [0.29, 0.717) is 12.4 Å². The Balaban J connectivity index is 2.86. The molecule has 2 N–H and O–H groups in total. The van der Waals surface area contributed by atoms with Gasteiger partial charge in [0.25, 0.3) is 5.56 Å². The lowest BCUT2D eigenvalue weighted by Crippen LogP contribution is -2.35. The van der Waals surface area contributed by atoms with E-state index in [0.717, 1.165) is 5.69 Å². The lowest BCUT2D eigenvalue weighted by atomic mass is 10.1. The van der Waals surface area contributed by atoms with Crippen molar-refractivity contribution in [2.24, 2.45) is 0 Å². The Labute approximate surface area is 102 Å². The molecule has 0 saturated heterocycles. The maximum Gasteiger partial charge on any atom is 0.251 e. The SMILES string of the molecule is COC(C)c1nc(CNC(C)(C)C)cc(=O)[nH]1. The van der Waals surface area contributed by atoms with Gasteiger partial charge in [0, 0.05) is 25.3 Å². The third-order valence-electron chi connectivity index (χ3n) is 2.35. The average Bonchev–Trinajstić information content (AvgIpc) is 2.23. The molecule has 1 unspecified atom stereocenters. The van der Waals surface area contributed by atoms with Crippen molar-refractivity contribution >= 4 is 0 Å². The van der Waals surface area contributed by atoms with Crippen molar-refractivity contribution in [1.29, 1.82) is 0 Å². The number of nitrogens with zero attached hydrogens (tertiary/aromatic N) is 1. The molecule has 1 rings (SSSR count). The van der Waals surface area contributed by atoms with Crippen LogP contribution in [0.25, 0.3) is 0 Å². The van der Waals surface area contributed by atoms with E-state index in [2.05, 4.69) is 36.1 Å². The fourth-order valence-electron chi connectivity index (χ4n) is 1.28. The number of ether oxygens (including phenoxy) is 1. The minimum absolute atomic E-state index is 0.00266. The Kier molecular flexibility index (Phi) is 4.42. The molecule has 0 bridgehead atoms. The zero-order valence-corrected chi connectivity index (χ0v) is 11.1. The second-order valence-corrected chi connectivity index (χ2v) is 5.10. The summed E-state index contributed by atoms with van der Waals surface area (Å²) in [5.74, 6) is 0.561. The summed E-state index contributed by atoms with van der Waals surface area (Å²) >= 11 is 0. The van der Waals surface area contributed by atoms with Gasteiger partial charge in [0.1, 0.15) is 11.9 Å². The highest BCUT2D eigenvalue weighted by atomic mass is 16.5. The molecule has 0 aliphatic carbocycles. The maximum absolute atomic E-state index is 11.5. The standard InChI is InChI=1S/C12H21N3O2/c1-8(17-5)11-14-9(6-10(16)15-11)7-13-12(2,3)4/h6,8,13H,7H2,1-5H3,(H,14,15,16). The molecule has 5 heteroatoms. The molecule has 0 saturated carbocycles. The molecular weight excluding hydrogens is 218 g/mol. The van der Waals surface area contributed by atoms with E-state index in [1.807, 2.05) is 6.92 Å². The van der Waals surface area contributed by atoms with Crippen LogP contribution in [0.15, 0.2) is 10.9 Å². The Hall–Kier alpha value is -1.20. The second kappa shape index (κ2) is 5.42. The van der Waals surface area contributed by atoms with Crippen LogP contribution in [0.3, 0.4) is 0 Å². The number of nitrogens with one attached hydrogen (secondary N) is 2. The van der Waals surface area contributed by atoms with Gasteiger partial charge in [-0.15, -0.1) is 0 Å². The predicted octanol–water partition coefficient (Wildman–Crippen LogP) is 1.37. The van der Waals surface area contributed by atoms with E-state index in [9.17, 15) is 4.79 Å². The first-order valence-corrected chi connectivity index (χ1v) is 5.70. The van der Waals surface area contributed by atoms with Crippen molar-refractivity contribution in [3.63, 3.8) is 0 Å². The van der Waals surface area contributed by atoms with E-state index in [4.69, 9.17) is 4.74 Å². The van der Waals surface area contributed by atoms with Gasteiger partial charge in [-0.1, -0.05) is 0 Å². The van der Waals surface area contributed by atoms with Crippen molar-refractivity contribution in [1.82, 2.24) is 15.3 Å². The zero-order valence-electron chi connectivity index (χ0n) is 11.1. The number of H-pyrrole nitrogens is 1. The van der Waals surface area contributed by atoms with Crippen LogP contribution in [0, 0.1) is 0 Å². The fraction of sp³-hybridized carbons (Fsp3) is 0.667. The van der Waals surface area contributed by atoms with Gasteiger partial charge in [0.2, 0.25) is 0 Å². The summed E-state index contributed by atoms with van der Waals surface area (Å²) < 4.78 is 5.14. The number of methoxy groups -OCH3 is 1. The van der Waals surface area contributed by atoms with Crippen molar-refractivity contribution in [3.8, 4) is 0 Å². The summed E-state index contributed by atoms with van der Waals surface area (Å²) in [4.78, 5) is 18.5. The molecule has 1 atom stereocenters. The normalized spacial score (nSPS) is 13.7. The highest BCUT2D eigenvalue weighted by Crippen LogP contribution is 2.09. The minimum Gasteiger partial charge on any atom is -0.374 e. The fourth-order valence-corrected chi connectivity index (χ4v) is 1.28. The number of hydrogen-bond acceptors (Lipinski definition) is 4. The van der Waals surface area contributed by atoms with Crippen LogP contribution in [0.5, 0.6) is 0 Å². The smallest absolute Gasteiger partial charge is 0.251 e. The number of aromatic nitrogens is 2. The van der Waals surface area contributed by atoms with Gasteiger partial charge in [-0.2, -0.15) is 0 Å². The zero-order chi connectivity index (χ0) is 13.1. The van der Waals surface area contributed by atoms with E-state index >= 15 is 0 Å². The van der Waals surface area contributed by atoms with Crippen molar-refractivity contribution in [2.45, 2.75) is 45.9 Å². The van der Waals surface area contributed by atoms with Gasteiger partial charge in [0.15, 0.2) is 0 Å². The van der Waals surface area contributed by atoms with Gasteiger partial charge >= 0.3 is 0 Å². The largest absolute Gasteiger partial charge is 0.374 e. The topological polar surface area (TPSA) is 67.0 Å². The van der Waals surface area contributed by atoms with Crippen LogP contribution in [0.2, 0.25) is 0 Å². The van der Waals surface area contributed by atoms with Crippen LogP contribution >= 0.6 is 0 Å². The average molecular weight is 239 g/mol. The molecule has 1 heterocycles. The van der Waals surface area contributed by atoms with E-state index in [1.54, 1.807) is 7.11 Å². The van der Waals surface area contributed by atoms with Gasteiger partial charge in [-0.3, -0.25) is 4.79 Å². The summed E-state index contributed by atoms with van der Waals surface area (Å²) in [6.07, 6.45) is -0.211. The number of rotatable bonds is 4. The number of aromatic amines is 1. The summed E-state index contributed by atoms with van der Waals surface area (Å²) in [5, 5.41) is 3.29. The quantitative estimate of drug-likeness (QED) is 0.832. The maximum atomic E-state index is 11.5. The van der Waals surface area contributed by atoms with E-state index < -0.39 is 0 Å². The molecular formula is C12H21N3O2. The third kappa shape index (κ3) is 4.66. The monoisotopic (exact) mass is 239 g/mol. The molecule has 0 aliphatic rings. The first kappa shape index (κ1) is 13.9. The molecule has 0 radical (unpaired) electrons. The molecule has 0 aliphatic heterocycles. The van der Waals surface area contributed by atoms with Crippen LogP contribution < -0.4 is 10.9 Å². The molecule has 0 amide bonds. The summed E-state index contributed by atoms with van der Waals surface area (Å²) in [6, 6.07) is 1.50. The lowest BCUT2D eigenvalue weighted by Gasteiger charge is -2.20. The first-order valence-electron chi connectivity index (χ1n) is 5.70. The summed E-state index contributed by atoms with van der Waals surface area (Å²) in [5.41, 5.74) is 0.573. The highest BCUT2D eigenvalue weighted by Gasteiger charge is 2.12.